The molecule has 1 aliphatic heterocycles. The van der Waals surface area contributed by atoms with Crippen LogP contribution in [-0.4, -0.2) is 48.2 Å². The van der Waals surface area contributed by atoms with E-state index in [1.807, 2.05) is 26.0 Å². The van der Waals surface area contributed by atoms with E-state index in [2.05, 4.69) is 22.3 Å². The van der Waals surface area contributed by atoms with Crippen LogP contribution in [0.2, 0.25) is 0 Å². The molecule has 1 unspecified atom stereocenters. The van der Waals surface area contributed by atoms with E-state index in [9.17, 15) is 13.2 Å². The first-order valence-electron chi connectivity index (χ1n) is 12.7. The summed E-state index contributed by atoms with van der Waals surface area (Å²) in [5.74, 6) is 0.395. The first kappa shape index (κ1) is 27.3. The molecule has 4 rings (SSSR count). The van der Waals surface area contributed by atoms with Gasteiger partial charge >= 0.3 is 0 Å². The average molecular weight is 538 g/mol. The normalized spacial score (nSPS) is 14.2. The van der Waals surface area contributed by atoms with Crippen LogP contribution in [0.25, 0.3) is 0 Å². The van der Waals surface area contributed by atoms with Crippen LogP contribution in [-0.2, 0) is 14.8 Å². The van der Waals surface area contributed by atoms with Crippen molar-refractivity contribution in [2.24, 2.45) is 0 Å². The van der Waals surface area contributed by atoms with Crippen LogP contribution in [0.15, 0.2) is 71.6 Å². The number of hydrogen-bond donors (Lipinski definition) is 1. The molecule has 8 nitrogen and oxygen atoms in total. The molecule has 9 heteroatoms. The average Bonchev–Trinajstić information content (AvgIpc) is 3.47. The number of carbonyl (C=O) groups excluding carboxylic acids is 1. The van der Waals surface area contributed by atoms with Gasteiger partial charge in [-0.25, -0.2) is 8.42 Å². The van der Waals surface area contributed by atoms with Gasteiger partial charge in [0.1, 0.15) is 6.54 Å². The zero-order valence-electron chi connectivity index (χ0n) is 22.3. The number of aryl methyl sites for hydroxylation is 1. The van der Waals surface area contributed by atoms with Gasteiger partial charge in [0.2, 0.25) is 5.91 Å². The van der Waals surface area contributed by atoms with Gasteiger partial charge in [0.15, 0.2) is 11.5 Å². The molecule has 0 radical (unpaired) electrons. The van der Waals surface area contributed by atoms with Gasteiger partial charge in [-0.1, -0.05) is 29.8 Å². The molecule has 1 heterocycles. The number of ether oxygens (including phenoxy) is 2. The highest BCUT2D eigenvalue weighted by Crippen LogP contribution is 2.34. The van der Waals surface area contributed by atoms with Gasteiger partial charge < -0.3 is 19.7 Å². The van der Waals surface area contributed by atoms with Crippen molar-refractivity contribution < 1.29 is 22.7 Å². The molecule has 1 fully saturated rings. The Hall–Kier alpha value is -3.72. The highest BCUT2D eigenvalue weighted by molar-refractivity contribution is 7.92. The zero-order chi connectivity index (χ0) is 27.3. The van der Waals surface area contributed by atoms with E-state index in [1.54, 1.807) is 42.5 Å². The zero-order valence-corrected chi connectivity index (χ0v) is 23.1. The van der Waals surface area contributed by atoms with Gasteiger partial charge in [0.05, 0.1) is 30.8 Å². The van der Waals surface area contributed by atoms with E-state index in [0.29, 0.717) is 17.2 Å². The highest BCUT2D eigenvalue weighted by atomic mass is 32.2. The second-order valence-electron chi connectivity index (χ2n) is 9.44. The maximum absolute atomic E-state index is 13.7. The van der Waals surface area contributed by atoms with E-state index in [4.69, 9.17) is 9.47 Å². The molecule has 0 bridgehead atoms. The third-order valence-electron chi connectivity index (χ3n) is 6.79. The monoisotopic (exact) mass is 537 g/mol. The van der Waals surface area contributed by atoms with Crippen molar-refractivity contribution in [3.05, 3.63) is 77.9 Å². The molecule has 0 aromatic heterocycles. The lowest BCUT2D eigenvalue weighted by molar-refractivity contribution is -0.120. The number of benzene rings is 3. The number of nitrogens with one attached hydrogen (secondary N) is 1. The molecule has 38 heavy (non-hydrogen) atoms. The predicted molar refractivity (Wildman–Crippen MR) is 150 cm³/mol. The molecule has 1 N–H and O–H groups in total. The molecule has 3 aromatic carbocycles. The summed E-state index contributed by atoms with van der Waals surface area (Å²) in [5.41, 5.74) is 3.35. The van der Waals surface area contributed by atoms with Crippen LogP contribution >= 0.6 is 0 Å². The molecule has 1 atom stereocenters. The summed E-state index contributed by atoms with van der Waals surface area (Å²) in [5, 5.41) is 2.95. The first-order chi connectivity index (χ1) is 18.2. The third-order valence-corrected chi connectivity index (χ3v) is 8.58. The van der Waals surface area contributed by atoms with Crippen molar-refractivity contribution in [2.75, 3.05) is 43.1 Å². The maximum atomic E-state index is 13.7. The lowest BCUT2D eigenvalue weighted by atomic mass is 10.1. The van der Waals surface area contributed by atoms with Crippen molar-refractivity contribution >= 4 is 27.3 Å². The van der Waals surface area contributed by atoms with Crippen LogP contribution in [0.3, 0.4) is 0 Å². The molecule has 1 aliphatic rings. The van der Waals surface area contributed by atoms with Crippen LogP contribution in [0.5, 0.6) is 11.5 Å². The first-order valence-corrected chi connectivity index (χ1v) is 14.1. The van der Waals surface area contributed by atoms with Crippen LogP contribution < -0.4 is 24.0 Å². The Morgan fingerprint density at radius 1 is 0.947 bits per heavy atom. The summed E-state index contributed by atoms with van der Waals surface area (Å²) in [7, 11) is -1.07. The number of anilines is 2. The second kappa shape index (κ2) is 11.8. The summed E-state index contributed by atoms with van der Waals surface area (Å²) in [4.78, 5) is 15.7. The molecule has 1 saturated heterocycles. The van der Waals surface area contributed by atoms with Gasteiger partial charge in [-0.3, -0.25) is 9.10 Å². The minimum absolute atomic E-state index is 0.0937. The van der Waals surface area contributed by atoms with Crippen LogP contribution in [0, 0.1) is 6.92 Å². The summed E-state index contributed by atoms with van der Waals surface area (Å²) in [6, 6.07) is 19.2. The summed E-state index contributed by atoms with van der Waals surface area (Å²) in [6.45, 7) is 5.50. The van der Waals surface area contributed by atoms with Crippen LogP contribution in [0.4, 0.5) is 11.4 Å². The van der Waals surface area contributed by atoms with Gasteiger partial charge in [0, 0.05) is 24.8 Å². The highest BCUT2D eigenvalue weighted by Gasteiger charge is 2.28. The number of rotatable bonds is 10. The summed E-state index contributed by atoms with van der Waals surface area (Å²) in [6.07, 6.45) is 2.41. The molecule has 202 valence electrons. The van der Waals surface area contributed by atoms with E-state index < -0.39 is 22.5 Å². The van der Waals surface area contributed by atoms with Gasteiger partial charge in [0.25, 0.3) is 10.0 Å². The van der Waals surface area contributed by atoms with E-state index in [-0.39, 0.29) is 10.9 Å². The maximum Gasteiger partial charge on any atom is 0.264 e. The van der Waals surface area contributed by atoms with Gasteiger partial charge in [-0.15, -0.1) is 0 Å². The Morgan fingerprint density at radius 3 is 2.18 bits per heavy atom. The fourth-order valence-corrected chi connectivity index (χ4v) is 6.00. The molecule has 0 aliphatic carbocycles. The molecular weight excluding hydrogens is 502 g/mol. The van der Waals surface area contributed by atoms with Crippen molar-refractivity contribution in [3.63, 3.8) is 0 Å². The van der Waals surface area contributed by atoms with Crippen molar-refractivity contribution in [1.29, 1.82) is 0 Å². The van der Waals surface area contributed by atoms with Crippen molar-refractivity contribution in [1.82, 2.24) is 5.32 Å². The fraction of sp³-hybridized carbons (Fsp3) is 0.345. The Kier molecular flexibility index (Phi) is 8.46. The summed E-state index contributed by atoms with van der Waals surface area (Å²) >= 11 is 0. The van der Waals surface area contributed by atoms with Crippen molar-refractivity contribution in [2.45, 2.75) is 37.6 Å². The smallest absolute Gasteiger partial charge is 0.264 e. The number of nitrogens with zero attached hydrogens (tertiary/aromatic N) is 2. The standard InChI is InChI=1S/C29H35N3O5S/c1-21-7-14-26(15-8-21)38(34,35)32(25-13-16-27(36-3)28(19-25)37-4)20-29(33)30-22(2)23-9-11-24(12-10-23)31-17-5-6-18-31/h7-16,19,22H,5-6,17-18,20H2,1-4H3,(H,30,33). The number of sulfonamides is 1. The van der Waals surface area contributed by atoms with E-state index >= 15 is 0 Å². The number of carbonyl (C=O) groups is 1. The Morgan fingerprint density at radius 2 is 1.58 bits per heavy atom. The minimum Gasteiger partial charge on any atom is -0.493 e. The minimum atomic E-state index is -4.06. The number of amides is 1. The van der Waals surface area contributed by atoms with E-state index in [0.717, 1.165) is 28.5 Å². The summed E-state index contributed by atoms with van der Waals surface area (Å²) < 4.78 is 39.2. The predicted octanol–water partition coefficient (Wildman–Crippen LogP) is 4.69. The Labute approximate surface area is 225 Å². The quantitative estimate of drug-likeness (QED) is 0.404. The second-order valence-corrected chi connectivity index (χ2v) is 11.3. The van der Waals surface area contributed by atoms with E-state index in [1.165, 1.54) is 32.7 Å². The van der Waals surface area contributed by atoms with Gasteiger partial charge in [-0.2, -0.15) is 0 Å². The molecular formula is C29H35N3O5S. The lowest BCUT2D eigenvalue weighted by Gasteiger charge is -2.26. The number of methoxy groups -OCH3 is 2. The molecule has 0 saturated carbocycles. The SMILES string of the molecule is COc1ccc(N(CC(=O)NC(C)c2ccc(N3CCCC3)cc2)S(=O)(=O)c2ccc(C)cc2)cc1OC. The Bertz CT molecular complexity index is 1350. The topological polar surface area (TPSA) is 88.2 Å². The van der Waals surface area contributed by atoms with Crippen molar-refractivity contribution in [3.8, 4) is 11.5 Å². The largest absolute Gasteiger partial charge is 0.493 e. The molecule has 0 spiro atoms. The molecule has 3 aromatic rings. The fourth-order valence-electron chi connectivity index (χ4n) is 4.58. The van der Waals surface area contributed by atoms with Gasteiger partial charge in [-0.05, 0) is 68.7 Å². The third kappa shape index (κ3) is 6.05. The lowest BCUT2D eigenvalue weighted by Crippen LogP contribution is -2.41. The number of hydrogen-bond acceptors (Lipinski definition) is 6. The molecule has 1 amide bonds. The Balaban J connectivity index is 1.57. The van der Waals surface area contributed by atoms with Crippen LogP contribution in [0.1, 0.15) is 36.9 Å².